The van der Waals surface area contributed by atoms with Crippen LogP contribution in [0.15, 0.2) is 34.5 Å². The normalized spacial score (nSPS) is 10.2. The molecule has 0 aliphatic rings. The van der Waals surface area contributed by atoms with E-state index in [1.165, 1.54) is 23.9 Å². The molecule has 0 N–H and O–H groups in total. The standard InChI is InChI=1S/C14H20N2O4/c1-3-13(18)20-11-7-5-4-6-9-16-10-8-12(17)15(2)14(16)19/h3,8,10H,1,4-7,9,11H2,2H3. The molecule has 6 nitrogen and oxygen atoms in total. The largest absolute Gasteiger partial charge is 0.463 e. The van der Waals surface area contributed by atoms with Crippen molar-refractivity contribution in [3.63, 3.8) is 0 Å². The second-order valence-electron chi connectivity index (χ2n) is 4.47. The summed E-state index contributed by atoms with van der Waals surface area (Å²) in [5, 5.41) is 0. The van der Waals surface area contributed by atoms with Gasteiger partial charge in [-0.3, -0.25) is 9.36 Å². The van der Waals surface area contributed by atoms with Crippen LogP contribution in [0.1, 0.15) is 25.7 Å². The first-order chi connectivity index (χ1) is 9.56. The number of hydrogen-bond donors (Lipinski definition) is 0. The maximum Gasteiger partial charge on any atom is 0.330 e. The highest BCUT2D eigenvalue weighted by atomic mass is 16.5. The number of esters is 1. The highest BCUT2D eigenvalue weighted by Gasteiger charge is 2.01. The van der Waals surface area contributed by atoms with Gasteiger partial charge in [-0.05, 0) is 19.3 Å². The molecule has 0 radical (unpaired) electrons. The third kappa shape index (κ3) is 4.87. The third-order valence-electron chi connectivity index (χ3n) is 2.96. The Balaban J connectivity index is 2.24. The minimum atomic E-state index is -0.401. The number of ether oxygens (including phenoxy) is 1. The van der Waals surface area contributed by atoms with E-state index < -0.39 is 5.97 Å². The molecule has 0 saturated heterocycles. The van der Waals surface area contributed by atoms with Crippen molar-refractivity contribution in [2.75, 3.05) is 6.61 Å². The van der Waals surface area contributed by atoms with Gasteiger partial charge in [-0.15, -0.1) is 0 Å². The van der Waals surface area contributed by atoms with Crippen molar-refractivity contribution >= 4 is 5.97 Å². The Morgan fingerprint density at radius 2 is 2.00 bits per heavy atom. The molecular formula is C14H20N2O4. The number of unbranched alkanes of at least 4 members (excludes halogenated alkanes) is 3. The van der Waals surface area contributed by atoms with Crippen LogP contribution in [0.25, 0.3) is 0 Å². The molecule has 6 heteroatoms. The van der Waals surface area contributed by atoms with Gasteiger partial charge in [0, 0.05) is 31.9 Å². The monoisotopic (exact) mass is 280 g/mol. The first-order valence-corrected chi connectivity index (χ1v) is 6.62. The third-order valence-corrected chi connectivity index (χ3v) is 2.96. The number of carbonyl (C=O) groups is 1. The van der Waals surface area contributed by atoms with Crippen LogP contribution >= 0.6 is 0 Å². The van der Waals surface area contributed by atoms with E-state index in [0.29, 0.717) is 13.2 Å². The number of aryl methyl sites for hydroxylation is 1. The molecule has 0 unspecified atom stereocenters. The predicted octanol–water partition coefficient (Wildman–Crippen LogP) is 0.837. The van der Waals surface area contributed by atoms with Crippen LogP contribution in [-0.2, 0) is 23.1 Å². The fraction of sp³-hybridized carbons (Fsp3) is 0.500. The van der Waals surface area contributed by atoms with Crippen molar-refractivity contribution in [1.82, 2.24) is 9.13 Å². The molecule has 0 atom stereocenters. The zero-order chi connectivity index (χ0) is 15.0. The lowest BCUT2D eigenvalue weighted by atomic mass is 10.2. The highest BCUT2D eigenvalue weighted by Crippen LogP contribution is 2.01. The first kappa shape index (κ1) is 15.9. The summed E-state index contributed by atoms with van der Waals surface area (Å²) in [5.74, 6) is -0.401. The molecule has 1 aromatic heterocycles. The summed E-state index contributed by atoms with van der Waals surface area (Å²) < 4.78 is 7.47. The van der Waals surface area contributed by atoms with Crippen molar-refractivity contribution in [3.05, 3.63) is 45.8 Å². The van der Waals surface area contributed by atoms with E-state index in [0.717, 1.165) is 36.3 Å². The van der Waals surface area contributed by atoms with Gasteiger partial charge in [0.25, 0.3) is 5.56 Å². The van der Waals surface area contributed by atoms with Crippen molar-refractivity contribution in [2.24, 2.45) is 7.05 Å². The Bertz CT molecular complexity index is 571. The molecule has 1 rings (SSSR count). The molecule has 110 valence electrons. The lowest BCUT2D eigenvalue weighted by Crippen LogP contribution is -2.36. The maximum absolute atomic E-state index is 11.7. The molecule has 0 bridgehead atoms. The van der Waals surface area contributed by atoms with Gasteiger partial charge in [0.05, 0.1) is 6.61 Å². The van der Waals surface area contributed by atoms with E-state index in [9.17, 15) is 14.4 Å². The summed E-state index contributed by atoms with van der Waals surface area (Å²) in [5.41, 5.74) is -0.590. The molecule has 0 spiro atoms. The summed E-state index contributed by atoms with van der Waals surface area (Å²) >= 11 is 0. The number of rotatable bonds is 8. The van der Waals surface area contributed by atoms with Gasteiger partial charge in [-0.25, -0.2) is 9.59 Å². The Labute approximate surface area is 117 Å². The van der Waals surface area contributed by atoms with Crippen LogP contribution < -0.4 is 11.2 Å². The molecule has 0 aliphatic heterocycles. The molecule has 0 aromatic carbocycles. The summed E-state index contributed by atoms with van der Waals surface area (Å²) in [4.78, 5) is 33.7. The maximum atomic E-state index is 11.7. The molecule has 1 heterocycles. The number of carbonyl (C=O) groups excluding carboxylic acids is 1. The minimum Gasteiger partial charge on any atom is -0.463 e. The molecular weight excluding hydrogens is 260 g/mol. The molecule has 0 amide bonds. The quantitative estimate of drug-likeness (QED) is 0.402. The second-order valence-corrected chi connectivity index (χ2v) is 4.47. The predicted molar refractivity (Wildman–Crippen MR) is 75.6 cm³/mol. The smallest absolute Gasteiger partial charge is 0.330 e. The van der Waals surface area contributed by atoms with Crippen LogP contribution in [-0.4, -0.2) is 21.7 Å². The van der Waals surface area contributed by atoms with Crippen molar-refractivity contribution in [2.45, 2.75) is 32.2 Å². The number of hydrogen-bond acceptors (Lipinski definition) is 4. The van der Waals surface area contributed by atoms with Gasteiger partial charge in [0.15, 0.2) is 0 Å². The van der Waals surface area contributed by atoms with Gasteiger partial charge in [0.2, 0.25) is 0 Å². The van der Waals surface area contributed by atoms with Crippen LogP contribution in [0.2, 0.25) is 0 Å². The average molecular weight is 280 g/mol. The number of aromatic nitrogens is 2. The fourth-order valence-electron chi connectivity index (χ4n) is 1.76. The zero-order valence-electron chi connectivity index (χ0n) is 11.7. The number of nitrogens with zero attached hydrogens (tertiary/aromatic N) is 2. The summed E-state index contributed by atoms with van der Waals surface area (Å²) in [6.45, 7) is 4.29. The Kier molecular flexibility index (Phi) is 6.49. The van der Waals surface area contributed by atoms with Gasteiger partial charge >= 0.3 is 11.7 Å². The zero-order valence-corrected chi connectivity index (χ0v) is 11.7. The van der Waals surface area contributed by atoms with Crippen LogP contribution in [0.4, 0.5) is 0 Å². The van der Waals surface area contributed by atoms with Gasteiger partial charge in [0.1, 0.15) is 0 Å². The van der Waals surface area contributed by atoms with E-state index >= 15 is 0 Å². The molecule has 0 saturated carbocycles. The van der Waals surface area contributed by atoms with Crippen LogP contribution in [0.5, 0.6) is 0 Å². The summed E-state index contributed by atoms with van der Waals surface area (Å²) in [7, 11) is 1.47. The topological polar surface area (TPSA) is 70.3 Å². The van der Waals surface area contributed by atoms with E-state index in [2.05, 4.69) is 6.58 Å². The first-order valence-electron chi connectivity index (χ1n) is 6.62. The average Bonchev–Trinajstić information content (AvgIpc) is 2.45. The molecule has 0 aliphatic carbocycles. The fourth-order valence-corrected chi connectivity index (χ4v) is 1.76. The van der Waals surface area contributed by atoms with E-state index in [1.54, 1.807) is 0 Å². The Morgan fingerprint density at radius 1 is 1.30 bits per heavy atom. The molecule has 0 fully saturated rings. The van der Waals surface area contributed by atoms with Crippen molar-refractivity contribution in [1.29, 1.82) is 0 Å². The summed E-state index contributed by atoms with van der Waals surface area (Å²) in [6.07, 6.45) is 6.16. The van der Waals surface area contributed by atoms with Gasteiger partial charge in [-0.1, -0.05) is 13.0 Å². The van der Waals surface area contributed by atoms with E-state index in [4.69, 9.17) is 4.74 Å². The Hall–Kier alpha value is -2.11. The van der Waals surface area contributed by atoms with Crippen molar-refractivity contribution in [3.8, 4) is 0 Å². The Morgan fingerprint density at radius 3 is 2.70 bits per heavy atom. The molecule has 20 heavy (non-hydrogen) atoms. The lowest BCUT2D eigenvalue weighted by Gasteiger charge is -2.06. The minimum absolute atomic E-state index is 0.294. The molecule has 1 aromatic rings. The summed E-state index contributed by atoms with van der Waals surface area (Å²) in [6, 6.07) is 1.39. The highest BCUT2D eigenvalue weighted by molar-refractivity contribution is 5.81. The van der Waals surface area contributed by atoms with Gasteiger partial charge < -0.3 is 9.30 Å². The van der Waals surface area contributed by atoms with E-state index in [-0.39, 0.29) is 11.2 Å². The second kappa shape index (κ2) is 8.14. The lowest BCUT2D eigenvalue weighted by molar-refractivity contribution is -0.137. The van der Waals surface area contributed by atoms with Gasteiger partial charge in [-0.2, -0.15) is 0 Å². The van der Waals surface area contributed by atoms with Crippen LogP contribution in [0.3, 0.4) is 0 Å². The SMILES string of the molecule is C=CC(=O)OCCCCCCn1ccc(=O)n(C)c1=O. The van der Waals surface area contributed by atoms with Crippen molar-refractivity contribution < 1.29 is 9.53 Å². The van der Waals surface area contributed by atoms with Crippen LogP contribution in [0, 0.1) is 0 Å². The van der Waals surface area contributed by atoms with E-state index in [1.807, 2.05) is 0 Å².